The third-order valence-electron chi connectivity index (χ3n) is 3.65. The van der Waals surface area contributed by atoms with Crippen molar-refractivity contribution in [3.05, 3.63) is 28.5 Å². The maximum Gasteiger partial charge on any atom is 0.242 e. The summed E-state index contributed by atoms with van der Waals surface area (Å²) >= 11 is 3.11. The quantitative estimate of drug-likeness (QED) is 0.872. The van der Waals surface area contributed by atoms with Crippen LogP contribution in [0.15, 0.2) is 22.7 Å². The number of nitrogens with one attached hydrogen (secondary N) is 2. The van der Waals surface area contributed by atoms with Crippen molar-refractivity contribution in [2.45, 2.75) is 51.1 Å². The molecule has 110 valence electrons. The predicted octanol–water partition coefficient (Wildman–Crippen LogP) is 3.84. The van der Waals surface area contributed by atoms with Gasteiger partial charge >= 0.3 is 0 Å². The van der Waals surface area contributed by atoms with Crippen molar-refractivity contribution in [3.8, 4) is 0 Å². The van der Waals surface area contributed by atoms with Crippen LogP contribution < -0.4 is 10.6 Å². The molecule has 1 aromatic carbocycles. The van der Waals surface area contributed by atoms with Gasteiger partial charge in [0.1, 0.15) is 11.9 Å². The van der Waals surface area contributed by atoms with Crippen LogP contribution in [0.5, 0.6) is 0 Å². The molecule has 0 saturated heterocycles. The fourth-order valence-corrected chi connectivity index (χ4v) is 2.72. The number of amides is 1. The molecule has 1 atom stereocenters. The van der Waals surface area contributed by atoms with Crippen LogP contribution in [-0.4, -0.2) is 18.0 Å². The Bertz CT molecular complexity index is 475. The first kappa shape index (κ1) is 15.3. The average molecular weight is 343 g/mol. The molecule has 1 fully saturated rings. The molecule has 0 aromatic heterocycles. The molecule has 1 aromatic rings. The SMILES string of the molecule is CC(Nc1ccc(Br)c(F)c1)C(=O)NC1CCCCC1. The number of hydrogen-bond donors (Lipinski definition) is 2. The summed E-state index contributed by atoms with van der Waals surface area (Å²) in [6.07, 6.45) is 5.75. The zero-order valence-electron chi connectivity index (χ0n) is 11.6. The molecule has 0 aliphatic heterocycles. The normalized spacial score (nSPS) is 17.6. The molecule has 0 radical (unpaired) electrons. The molecule has 5 heteroatoms. The lowest BCUT2D eigenvalue weighted by Crippen LogP contribution is -2.44. The van der Waals surface area contributed by atoms with E-state index in [1.54, 1.807) is 19.1 Å². The zero-order valence-corrected chi connectivity index (χ0v) is 13.2. The third-order valence-corrected chi connectivity index (χ3v) is 4.29. The number of rotatable bonds is 4. The van der Waals surface area contributed by atoms with Gasteiger partial charge in [0.2, 0.25) is 5.91 Å². The van der Waals surface area contributed by atoms with E-state index in [0.29, 0.717) is 16.2 Å². The van der Waals surface area contributed by atoms with Crippen molar-refractivity contribution in [3.63, 3.8) is 0 Å². The summed E-state index contributed by atoms with van der Waals surface area (Å²) in [4.78, 5) is 12.1. The number of carbonyl (C=O) groups excluding carboxylic acids is 1. The molecule has 0 bridgehead atoms. The Hall–Kier alpha value is -1.10. The second-order valence-corrected chi connectivity index (χ2v) is 6.19. The average Bonchev–Trinajstić information content (AvgIpc) is 2.44. The smallest absolute Gasteiger partial charge is 0.242 e. The van der Waals surface area contributed by atoms with Crippen molar-refractivity contribution < 1.29 is 9.18 Å². The van der Waals surface area contributed by atoms with Crippen LogP contribution >= 0.6 is 15.9 Å². The Morgan fingerprint density at radius 3 is 2.70 bits per heavy atom. The van der Waals surface area contributed by atoms with Crippen LogP contribution in [0.1, 0.15) is 39.0 Å². The van der Waals surface area contributed by atoms with Gasteiger partial charge in [-0.05, 0) is 53.9 Å². The number of benzene rings is 1. The van der Waals surface area contributed by atoms with Gasteiger partial charge in [-0.3, -0.25) is 4.79 Å². The minimum Gasteiger partial charge on any atom is -0.374 e. The van der Waals surface area contributed by atoms with Gasteiger partial charge in [-0.2, -0.15) is 0 Å². The number of carbonyl (C=O) groups is 1. The first-order valence-electron chi connectivity index (χ1n) is 7.08. The lowest BCUT2D eigenvalue weighted by Gasteiger charge is -2.25. The zero-order chi connectivity index (χ0) is 14.5. The Kier molecular flexibility index (Phi) is 5.40. The van der Waals surface area contributed by atoms with Crippen molar-refractivity contribution in [2.24, 2.45) is 0 Å². The first-order chi connectivity index (χ1) is 9.56. The largest absolute Gasteiger partial charge is 0.374 e. The van der Waals surface area contributed by atoms with E-state index in [1.165, 1.54) is 25.3 Å². The highest BCUT2D eigenvalue weighted by Gasteiger charge is 2.19. The molecular weight excluding hydrogens is 323 g/mol. The number of anilines is 1. The molecule has 1 aliphatic rings. The van der Waals surface area contributed by atoms with Gasteiger partial charge < -0.3 is 10.6 Å². The van der Waals surface area contributed by atoms with Gasteiger partial charge in [-0.25, -0.2) is 4.39 Å². The van der Waals surface area contributed by atoms with Crippen LogP contribution in [0.2, 0.25) is 0 Å². The van der Waals surface area contributed by atoms with Crippen LogP contribution in [0.4, 0.5) is 10.1 Å². The summed E-state index contributed by atoms with van der Waals surface area (Å²) in [5, 5.41) is 6.09. The molecule has 0 spiro atoms. The summed E-state index contributed by atoms with van der Waals surface area (Å²) in [5.74, 6) is -0.366. The monoisotopic (exact) mass is 342 g/mol. The Labute approximate surface area is 127 Å². The molecule has 0 heterocycles. The van der Waals surface area contributed by atoms with Crippen LogP contribution in [0.3, 0.4) is 0 Å². The Balaban J connectivity index is 1.88. The van der Waals surface area contributed by atoms with Crippen molar-refractivity contribution in [1.82, 2.24) is 5.32 Å². The standard InChI is InChI=1S/C15H20BrFN2O/c1-10(15(20)19-11-5-3-2-4-6-11)18-12-7-8-13(16)14(17)9-12/h7-11,18H,2-6H2,1H3,(H,19,20). The van der Waals surface area contributed by atoms with Crippen LogP contribution in [0, 0.1) is 5.82 Å². The summed E-state index contributed by atoms with van der Waals surface area (Å²) in [6.45, 7) is 1.79. The molecular formula is C15H20BrFN2O. The lowest BCUT2D eigenvalue weighted by molar-refractivity contribution is -0.122. The summed E-state index contributed by atoms with van der Waals surface area (Å²) in [7, 11) is 0. The number of hydrogen-bond acceptors (Lipinski definition) is 2. The molecule has 1 unspecified atom stereocenters. The van der Waals surface area contributed by atoms with Gasteiger partial charge in [0, 0.05) is 11.7 Å². The minimum absolute atomic E-state index is 0.0276. The highest BCUT2D eigenvalue weighted by atomic mass is 79.9. The van der Waals surface area contributed by atoms with E-state index >= 15 is 0 Å². The molecule has 20 heavy (non-hydrogen) atoms. The highest BCUT2D eigenvalue weighted by Crippen LogP contribution is 2.20. The van der Waals surface area contributed by atoms with E-state index in [2.05, 4.69) is 26.6 Å². The lowest BCUT2D eigenvalue weighted by atomic mass is 9.95. The fourth-order valence-electron chi connectivity index (χ4n) is 2.47. The van der Waals surface area contributed by atoms with Crippen molar-refractivity contribution >= 4 is 27.5 Å². The maximum atomic E-state index is 13.4. The van der Waals surface area contributed by atoms with E-state index in [-0.39, 0.29) is 17.8 Å². The molecule has 2 N–H and O–H groups in total. The highest BCUT2D eigenvalue weighted by molar-refractivity contribution is 9.10. The molecule has 3 nitrogen and oxygen atoms in total. The third kappa shape index (κ3) is 4.20. The van der Waals surface area contributed by atoms with Gasteiger partial charge in [-0.1, -0.05) is 19.3 Å². The Morgan fingerprint density at radius 1 is 1.35 bits per heavy atom. The summed E-state index contributed by atoms with van der Waals surface area (Å²) in [6, 6.07) is 4.68. The predicted molar refractivity (Wildman–Crippen MR) is 82.2 cm³/mol. The van der Waals surface area contributed by atoms with E-state index in [0.717, 1.165) is 12.8 Å². The van der Waals surface area contributed by atoms with E-state index in [1.807, 2.05) is 0 Å². The maximum absolute atomic E-state index is 13.4. The molecule has 1 aliphatic carbocycles. The topological polar surface area (TPSA) is 41.1 Å². The molecule has 1 amide bonds. The summed E-state index contributed by atoms with van der Waals surface area (Å²) in [5.41, 5.74) is 0.608. The Morgan fingerprint density at radius 2 is 2.05 bits per heavy atom. The van der Waals surface area contributed by atoms with Crippen molar-refractivity contribution in [2.75, 3.05) is 5.32 Å². The molecule has 1 saturated carbocycles. The number of halogens is 2. The minimum atomic E-state index is -0.377. The van der Waals surface area contributed by atoms with Gasteiger partial charge in [-0.15, -0.1) is 0 Å². The first-order valence-corrected chi connectivity index (χ1v) is 7.87. The second kappa shape index (κ2) is 7.07. The van der Waals surface area contributed by atoms with Crippen molar-refractivity contribution in [1.29, 1.82) is 0 Å². The van der Waals surface area contributed by atoms with Gasteiger partial charge in [0.25, 0.3) is 0 Å². The van der Waals surface area contributed by atoms with E-state index in [9.17, 15) is 9.18 Å². The van der Waals surface area contributed by atoms with Gasteiger partial charge in [0.15, 0.2) is 0 Å². The second-order valence-electron chi connectivity index (χ2n) is 5.34. The van der Waals surface area contributed by atoms with Crippen LogP contribution in [-0.2, 0) is 4.79 Å². The van der Waals surface area contributed by atoms with Crippen LogP contribution in [0.25, 0.3) is 0 Å². The van der Waals surface area contributed by atoms with E-state index < -0.39 is 0 Å². The van der Waals surface area contributed by atoms with E-state index in [4.69, 9.17) is 0 Å². The van der Waals surface area contributed by atoms with Gasteiger partial charge in [0.05, 0.1) is 4.47 Å². The molecule has 2 rings (SSSR count). The summed E-state index contributed by atoms with van der Waals surface area (Å²) < 4.78 is 13.8. The fraction of sp³-hybridized carbons (Fsp3) is 0.533.